The van der Waals surface area contributed by atoms with Crippen molar-refractivity contribution in [1.82, 2.24) is 9.97 Å². The molecule has 1 unspecified atom stereocenters. The molecular weight excluding hydrogens is 379 g/mol. The summed E-state index contributed by atoms with van der Waals surface area (Å²) in [6.45, 7) is 4.64. The summed E-state index contributed by atoms with van der Waals surface area (Å²) in [5.41, 5.74) is 1.55. The average molecular weight is 398 g/mol. The van der Waals surface area contributed by atoms with Crippen molar-refractivity contribution in [2.75, 3.05) is 6.61 Å². The predicted octanol–water partition coefficient (Wildman–Crippen LogP) is 3.92. The molecule has 0 saturated heterocycles. The molecule has 21 heavy (non-hydrogen) atoms. The monoisotopic (exact) mass is 398 g/mol. The largest absolute Gasteiger partial charge is 0.371 e. The van der Waals surface area contributed by atoms with Gasteiger partial charge in [0.1, 0.15) is 15.5 Å². The maximum absolute atomic E-state index is 12.2. The number of ether oxygens (including phenoxy) is 1. The van der Waals surface area contributed by atoms with Gasteiger partial charge >= 0.3 is 0 Å². The number of benzene rings is 1. The lowest BCUT2D eigenvalue weighted by molar-refractivity contribution is 0.0492. The van der Waals surface area contributed by atoms with Gasteiger partial charge in [0.05, 0.1) is 5.69 Å². The maximum atomic E-state index is 12.2. The zero-order chi connectivity index (χ0) is 15.2. The summed E-state index contributed by atoms with van der Waals surface area (Å²) in [7, 11) is 0. The molecule has 2 aromatic rings. The van der Waals surface area contributed by atoms with E-state index in [2.05, 4.69) is 16.9 Å². The van der Waals surface area contributed by atoms with Crippen molar-refractivity contribution in [3.8, 4) is 11.3 Å². The number of rotatable bonds is 6. The number of nitrogens with one attached hydrogen (secondary N) is 1. The number of hydrogen-bond donors (Lipinski definition) is 1. The van der Waals surface area contributed by atoms with Crippen LogP contribution in [0.5, 0.6) is 0 Å². The Morgan fingerprint density at radius 2 is 2.00 bits per heavy atom. The molecule has 0 aliphatic carbocycles. The van der Waals surface area contributed by atoms with Crippen LogP contribution < -0.4 is 5.56 Å². The molecular formula is C16H19IN2O2. The molecule has 4 nitrogen and oxygen atoms in total. The molecule has 0 spiro atoms. The first-order valence-corrected chi connectivity index (χ1v) is 8.22. The van der Waals surface area contributed by atoms with Crippen molar-refractivity contribution in [2.24, 2.45) is 0 Å². The molecule has 0 saturated carbocycles. The van der Waals surface area contributed by atoms with E-state index in [1.807, 2.05) is 59.8 Å². The molecule has 1 heterocycles. The average Bonchev–Trinajstić information content (AvgIpc) is 2.50. The van der Waals surface area contributed by atoms with Gasteiger partial charge in [-0.05, 0) is 35.9 Å². The Balaban J connectivity index is 2.50. The first-order chi connectivity index (χ1) is 10.2. The lowest BCUT2D eigenvalue weighted by Gasteiger charge is -2.16. The van der Waals surface area contributed by atoms with Crippen LogP contribution in [0.1, 0.15) is 38.6 Å². The zero-order valence-corrected chi connectivity index (χ0v) is 14.4. The molecule has 2 rings (SSSR count). The highest BCUT2D eigenvalue weighted by atomic mass is 127. The van der Waals surface area contributed by atoms with Gasteiger partial charge < -0.3 is 9.72 Å². The molecule has 1 aromatic carbocycles. The Morgan fingerprint density at radius 3 is 2.62 bits per heavy atom. The quantitative estimate of drug-likeness (QED) is 0.751. The first kappa shape index (κ1) is 16.2. The van der Waals surface area contributed by atoms with Gasteiger partial charge in [-0.1, -0.05) is 43.7 Å². The van der Waals surface area contributed by atoms with Crippen LogP contribution in [-0.4, -0.2) is 16.6 Å². The van der Waals surface area contributed by atoms with E-state index < -0.39 is 0 Å². The molecule has 0 amide bonds. The van der Waals surface area contributed by atoms with E-state index in [0.29, 0.717) is 16.0 Å². The van der Waals surface area contributed by atoms with Crippen LogP contribution in [0.3, 0.4) is 0 Å². The highest BCUT2D eigenvalue weighted by Crippen LogP contribution is 2.24. The predicted molar refractivity (Wildman–Crippen MR) is 92.3 cm³/mol. The van der Waals surface area contributed by atoms with Gasteiger partial charge in [-0.25, -0.2) is 4.98 Å². The Bertz CT molecular complexity index is 634. The van der Waals surface area contributed by atoms with Gasteiger partial charge in [0, 0.05) is 12.2 Å². The second kappa shape index (κ2) is 7.70. The summed E-state index contributed by atoms with van der Waals surface area (Å²) in [6, 6.07) is 9.76. The number of halogens is 1. The number of nitrogens with zero attached hydrogens (tertiary/aromatic N) is 1. The number of H-pyrrole nitrogens is 1. The first-order valence-electron chi connectivity index (χ1n) is 7.14. The fraction of sp³-hybridized carbons (Fsp3) is 0.375. The molecule has 0 radical (unpaired) electrons. The highest BCUT2D eigenvalue weighted by Gasteiger charge is 2.17. The van der Waals surface area contributed by atoms with Gasteiger partial charge in [0.15, 0.2) is 0 Å². The van der Waals surface area contributed by atoms with Crippen molar-refractivity contribution in [3.63, 3.8) is 0 Å². The second-order valence-electron chi connectivity index (χ2n) is 4.71. The van der Waals surface area contributed by atoms with Crippen LogP contribution in [0, 0.1) is 3.57 Å². The fourth-order valence-corrected chi connectivity index (χ4v) is 2.75. The van der Waals surface area contributed by atoms with Crippen LogP contribution in [0.4, 0.5) is 0 Å². The highest BCUT2D eigenvalue weighted by molar-refractivity contribution is 14.1. The SMILES string of the molecule is CCCC(OCC)c1nc(-c2ccccc2)c(I)c(=O)[nH]1. The molecule has 1 atom stereocenters. The molecule has 0 aliphatic heterocycles. The van der Waals surface area contributed by atoms with Crippen LogP contribution >= 0.6 is 22.6 Å². The third kappa shape index (κ3) is 3.91. The van der Waals surface area contributed by atoms with E-state index in [1.54, 1.807) is 0 Å². The molecule has 0 aliphatic rings. The van der Waals surface area contributed by atoms with Crippen molar-refractivity contribution >= 4 is 22.6 Å². The molecule has 5 heteroatoms. The minimum absolute atomic E-state index is 0.111. The lowest BCUT2D eigenvalue weighted by atomic mass is 10.1. The van der Waals surface area contributed by atoms with Crippen molar-refractivity contribution in [1.29, 1.82) is 0 Å². The number of aromatic amines is 1. The minimum Gasteiger partial charge on any atom is -0.371 e. The molecule has 0 fully saturated rings. The van der Waals surface area contributed by atoms with E-state index in [-0.39, 0.29) is 11.7 Å². The molecule has 112 valence electrons. The van der Waals surface area contributed by atoms with Crippen LogP contribution in [0.15, 0.2) is 35.1 Å². The van der Waals surface area contributed by atoms with Crippen LogP contribution in [0.2, 0.25) is 0 Å². The van der Waals surface area contributed by atoms with Gasteiger partial charge in [0.2, 0.25) is 0 Å². The van der Waals surface area contributed by atoms with Gasteiger partial charge in [-0.2, -0.15) is 0 Å². The smallest absolute Gasteiger partial charge is 0.265 e. The van der Waals surface area contributed by atoms with Crippen molar-refractivity contribution in [3.05, 3.63) is 50.1 Å². The van der Waals surface area contributed by atoms with Crippen molar-refractivity contribution in [2.45, 2.75) is 32.8 Å². The summed E-state index contributed by atoms with van der Waals surface area (Å²) >= 11 is 2.04. The summed E-state index contributed by atoms with van der Waals surface area (Å²) in [6.07, 6.45) is 1.65. The third-order valence-electron chi connectivity index (χ3n) is 3.15. The van der Waals surface area contributed by atoms with E-state index in [4.69, 9.17) is 4.74 Å². The standard InChI is InChI=1S/C16H19IN2O2/c1-3-8-12(21-4-2)15-18-14(13(17)16(20)19-15)11-9-6-5-7-10-11/h5-7,9-10,12H,3-4,8H2,1-2H3,(H,18,19,20). The Morgan fingerprint density at radius 1 is 1.29 bits per heavy atom. The minimum atomic E-state index is -0.160. The third-order valence-corrected chi connectivity index (χ3v) is 4.15. The van der Waals surface area contributed by atoms with Gasteiger partial charge in [-0.15, -0.1) is 0 Å². The Kier molecular flexibility index (Phi) is 5.93. The van der Waals surface area contributed by atoms with E-state index in [9.17, 15) is 4.79 Å². The molecule has 1 aromatic heterocycles. The number of hydrogen-bond acceptors (Lipinski definition) is 3. The number of aromatic nitrogens is 2. The fourth-order valence-electron chi connectivity index (χ4n) is 2.18. The normalized spacial score (nSPS) is 12.3. The van der Waals surface area contributed by atoms with E-state index in [0.717, 1.165) is 24.1 Å². The summed E-state index contributed by atoms with van der Waals surface area (Å²) in [4.78, 5) is 19.7. The topological polar surface area (TPSA) is 55.0 Å². The lowest BCUT2D eigenvalue weighted by Crippen LogP contribution is -2.20. The van der Waals surface area contributed by atoms with Crippen LogP contribution in [-0.2, 0) is 4.74 Å². The Labute approximate surface area is 138 Å². The zero-order valence-electron chi connectivity index (χ0n) is 12.2. The summed E-state index contributed by atoms with van der Waals surface area (Å²) < 4.78 is 6.32. The van der Waals surface area contributed by atoms with Gasteiger partial charge in [0.25, 0.3) is 5.56 Å². The summed E-state index contributed by atoms with van der Waals surface area (Å²) in [5, 5.41) is 0. The Hall–Kier alpha value is -1.21. The van der Waals surface area contributed by atoms with E-state index in [1.165, 1.54) is 0 Å². The maximum Gasteiger partial charge on any atom is 0.265 e. The summed E-state index contributed by atoms with van der Waals surface area (Å²) in [5.74, 6) is 0.614. The second-order valence-corrected chi connectivity index (χ2v) is 5.79. The molecule has 0 bridgehead atoms. The van der Waals surface area contributed by atoms with E-state index >= 15 is 0 Å². The van der Waals surface area contributed by atoms with Gasteiger partial charge in [-0.3, -0.25) is 4.79 Å². The molecule has 1 N–H and O–H groups in total. The van der Waals surface area contributed by atoms with Crippen LogP contribution in [0.25, 0.3) is 11.3 Å². The van der Waals surface area contributed by atoms with Crippen molar-refractivity contribution < 1.29 is 4.74 Å².